The molecule has 1 aliphatic rings. The molecule has 0 atom stereocenters. The second-order valence-electron chi connectivity index (χ2n) is 6.54. The van der Waals surface area contributed by atoms with Crippen LogP contribution in [0.4, 0.5) is 0 Å². The Bertz CT molecular complexity index is 1040. The van der Waals surface area contributed by atoms with Gasteiger partial charge in [0.15, 0.2) is 5.78 Å². The van der Waals surface area contributed by atoms with Gasteiger partial charge in [0.2, 0.25) is 0 Å². The van der Waals surface area contributed by atoms with Crippen molar-refractivity contribution in [3.05, 3.63) is 83.3 Å². The zero-order chi connectivity index (χ0) is 17.5. The quantitative estimate of drug-likeness (QED) is 0.420. The van der Waals surface area contributed by atoms with Gasteiger partial charge >= 0.3 is 0 Å². The first kappa shape index (κ1) is 15.0. The average molecular weight is 340 g/mol. The fourth-order valence-corrected chi connectivity index (χ4v) is 3.47. The predicted octanol–water partition coefficient (Wildman–Crippen LogP) is 6.01. The minimum Gasteiger partial charge on any atom is -0.457 e. The lowest BCUT2D eigenvalue weighted by Crippen LogP contribution is -1.95. The van der Waals surface area contributed by atoms with Crippen molar-refractivity contribution in [2.45, 2.75) is 12.8 Å². The lowest BCUT2D eigenvalue weighted by Gasteiger charge is -1.93. The monoisotopic (exact) mass is 340 g/mol. The van der Waals surface area contributed by atoms with Gasteiger partial charge in [-0.25, -0.2) is 0 Å². The molecule has 5 rings (SSSR count). The van der Waals surface area contributed by atoms with Crippen LogP contribution in [0.3, 0.4) is 0 Å². The maximum absolute atomic E-state index is 12.7. The summed E-state index contributed by atoms with van der Waals surface area (Å²) in [6.07, 6.45) is 5.17. The smallest absolute Gasteiger partial charge is 0.185 e. The number of carbonyl (C=O) groups is 1. The normalized spacial score (nSPS) is 17.9. The summed E-state index contributed by atoms with van der Waals surface area (Å²) in [6, 6.07) is 19.6. The average Bonchev–Trinajstić information content (AvgIpc) is 3.33. The van der Waals surface area contributed by atoms with Crippen LogP contribution in [0.15, 0.2) is 80.6 Å². The Morgan fingerprint density at radius 1 is 0.692 bits per heavy atom. The number of para-hydroxylation sites is 2. The first-order chi connectivity index (χ1) is 12.8. The minimum absolute atomic E-state index is 0.0749. The Morgan fingerprint density at radius 2 is 1.15 bits per heavy atom. The van der Waals surface area contributed by atoms with Gasteiger partial charge in [-0.3, -0.25) is 4.79 Å². The van der Waals surface area contributed by atoms with Gasteiger partial charge in [-0.1, -0.05) is 36.4 Å². The number of fused-ring (bicyclic) bond motifs is 2. The van der Waals surface area contributed by atoms with Gasteiger partial charge in [-0.05, 0) is 49.3 Å². The molecule has 0 saturated heterocycles. The Morgan fingerprint density at radius 3 is 1.62 bits per heavy atom. The Kier molecular flexibility index (Phi) is 3.39. The van der Waals surface area contributed by atoms with Gasteiger partial charge in [-0.2, -0.15) is 0 Å². The van der Waals surface area contributed by atoms with E-state index >= 15 is 0 Å². The highest BCUT2D eigenvalue weighted by Gasteiger charge is 2.24. The standard InChI is InChI=1S/C23H16O3/c24-23-17(13-19-11-15-5-1-3-7-21(15)25-19)9-10-18(23)14-20-12-16-6-2-4-8-22(16)26-20/h1-8,11-14H,9-10H2/b17-13+,18-14+. The van der Waals surface area contributed by atoms with Crippen LogP contribution in [0.2, 0.25) is 0 Å². The van der Waals surface area contributed by atoms with Gasteiger partial charge in [0.1, 0.15) is 22.7 Å². The van der Waals surface area contributed by atoms with Crippen molar-refractivity contribution in [3.8, 4) is 0 Å². The molecule has 26 heavy (non-hydrogen) atoms. The van der Waals surface area contributed by atoms with Crippen LogP contribution >= 0.6 is 0 Å². The van der Waals surface area contributed by atoms with Crippen LogP contribution in [0.25, 0.3) is 34.1 Å². The molecular formula is C23H16O3. The van der Waals surface area contributed by atoms with Crippen LogP contribution in [-0.4, -0.2) is 5.78 Å². The third-order valence-electron chi connectivity index (χ3n) is 4.77. The van der Waals surface area contributed by atoms with Gasteiger partial charge in [0.25, 0.3) is 0 Å². The third-order valence-corrected chi connectivity index (χ3v) is 4.77. The van der Waals surface area contributed by atoms with Crippen molar-refractivity contribution in [2.24, 2.45) is 0 Å². The molecule has 0 spiro atoms. The summed E-state index contributed by atoms with van der Waals surface area (Å²) in [7, 11) is 0. The Balaban J connectivity index is 1.45. The van der Waals surface area contributed by atoms with Crippen LogP contribution in [0.5, 0.6) is 0 Å². The number of ketones is 1. The Labute approximate surface area is 150 Å². The number of carbonyl (C=O) groups excluding carboxylic acids is 1. The molecular weight excluding hydrogens is 324 g/mol. The number of allylic oxidation sites excluding steroid dienone is 2. The van der Waals surface area contributed by atoms with Crippen molar-refractivity contribution < 1.29 is 13.6 Å². The number of hydrogen-bond donors (Lipinski definition) is 0. The fraction of sp³-hybridized carbons (Fsp3) is 0.0870. The van der Waals surface area contributed by atoms with E-state index in [9.17, 15) is 4.79 Å². The molecule has 1 aliphatic carbocycles. The van der Waals surface area contributed by atoms with E-state index in [-0.39, 0.29) is 5.78 Å². The molecule has 126 valence electrons. The van der Waals surface area contributed by atoms with Crippen LogP contribution in [-0.2, 0) is 4.79 Å². The zero-order valence-electron chi connectivity index (χ0n) is 14.1. The molecule has 2 aromatic carbocycles. The summed E-state index contributed by atoms with van der Waals surface area (Å²) in [6.45, 7) is 0. The molecule has 0 amide bonds. The topological polar surface area (TPSA) is 43.4 Å². The zero-order valence-corrected chi connectivity index (χ0v) is 14.1. The third kappa shape index (κ3) is 2.58. The summed E-state index contributed by atoms with van der Waals surface area (Å²) in [4.78, 5) is 12.7. The molecule has 0 bridgehead atoms. The van der Waals surface area contributed by atoms with Crippen molar-refractivity contribution >= 4 is 39.9 Å². The highest BCUT2D eigenvalue weighted by molar-refractivity contribution is 6.15. The summed E-state index contributed by atoms with van der Waals surface area (Å²) < 4.78 is 11.6. The molecule has 1 saturated carbocycles. The molecule has 4 aromatic rings. The largest absolute Gasteiger partial charge is 0.457 e. The molecule has 2 aromatic heterocycles. The minimum atomic E-state index is 0.0749. The summed E-state index contributed by atoms with van der Waals surface area (Å²) in [5, 5.41) is 2.09. The molecule has 2 heterocycles. The second-order valence-corrected chi connectivity index (χ2v) is 6.54. The van der Waals surface area contributed by atoms with Crippen molar-refractivity contribution in [1.29, 1.82) is 0 Å². The molecule has 1 fully saturated rings. The number of Topliss-reactive ketones (excluding diaryl/α,β-unsaturated/α-hetero) is 1. The maximum atomic E-state index is 12.7. The van der Waals surface area contributed by atoms with E-state index in [1.54, 1.807) is 0 Å². The highest BCUT2D eigenvalue weighted by atomic mass is 16.3. The summed E-state index contributed by atoms with van der Waals surface area (Å²) >= 11 is 0. The van der Waals surface area contributed by atoms with E-state index in [0.29, 0.717) is 0 Å². The molecule has 3 nitrogen and oxygen atoms in total. The van der Waals surface area contributed by atoms with Gasteiger partial charge in [0.05, 0.1) is 0 Å². The van der Waals surface area contributed by atoms with Gasteiger partial charge in [-0.15, -0.1) is 0 Å². The number of furan rings is 2. The van der Waals surface area contributed by atoms with Crippen molar-refractivity contribution in [3.63, 3.8) is 0 Å². The van der Waals surface area contributed by atoms with E-state index in [2.05, 4.69) is 0 Å². The number of rotatable bonds is 2. The molecule has 0 unspecified atom stereocenters. The lowest BCUT2D eigenvalue weighted by atomic mass is 10.1. The lowest BCUT2D eigenvalue weighted by molar-refractivity contribution is -0.111. The maximum Gasteiger partial charge on any atom is 0.185 e. The molecule has 0 N–H and O–H groups in total. The Hall–Kier alpha value is -3.33. The van der Waals surface area contributed by atoms with E-state index in [4.69, 9.17) is 8.83 Å². The molecule has 0 radical (unpaired) electrons. The number of benzene rings is 2. The summed E-state index contributed by atoms with van der Waals surface area (Å²) in [5.74, 6) is 1.52. The predicted molar refractivity (Wildman–Crippen MR) is 103 cm³/mol. The first-order valence-corrected chi connectivity index (χ1v) is 8.69. The van der Waals surface area contributed by atoms with Gasteiger partial charge in [0, 0.05) is 21.9 Å². The van der Waals surface area contributed by atoms with Crippen LogP contribution in [0.1, 0.15) is 24.4 Å². The second kappa shape index (κ2) is 5.88. The van der Waals surface area contributed by atoms with E-state index < -0.39 is 0 Å². The molecule has 0 aliphatic heterocycles. The highest BCUT2D eigenvalue weighted by Crippen LogP contribution is 2.31. The fourth-order valence-electron chi connectivity index (χ4n) is 3.47. The van der Waals surface area contributed by atoms with E-state index in [1.165, 1.54) is 0 Å². The first-order valence-electron chi connectivity index (χ1n) is 8.69. The molecule has 3 heteroatoms. The summed E-state index contributed by atoms with van der Waals surface area (Å²) in [5.41, 5.74) is 3.24. The number of hydrogen-bond acceptors (Lipinski definition) is 3. The van der Waals surface area contributed by atoms with Crippen LogP contribution in [0, 0.1) is 0 Å². The van der Waals surface area contributed by atoms with Crippen LogP contribution < -0.4 is 0 Å². The van der Waals surface area contributed by atoms with E-state index in [1.807, 2.05) is 72.8 Å². The van der Waals surface area contributed by atoms with E-state index in [0.717, 1.165) is 57.4 Å². The van der Waals surface area contributed by atoms with Crippen molar-refractivity contribution in [1.82, 2.24) is 0 Å². The van der Waals surface area contributed by atoms with Gasteiger partial charge < -0.3 is 8.83 Å². The SMILES string of the molecule is O=C1/C(=C/c2cc3ccccc3o2)CC/C1=C\c1cc2ccccc2o1. The van der Waals surface area contributed by atoms with Crippen molar-refractivity contribution in [2.75, 3.05) is 0 Å².